The van der Waals surface area contributed by atoms with E-state index in [1.807, 2.05) is 38.2 Å². The van der Waals surface area contributed by atoms with Crippen molar-refractivity contribution in [2.24, 2.45) is 0 Å². The lowest BCUT2D eigenvalue weighted by molar-refractivity contribution is 0.0251. The van der Waals surface area contributed by atoms with Crippen molar-refractivity contribution >= 4 is 11.4 Å². The summed E-state index contributed by atoms with van der Waals surface area (Å²) in [5.41, 5.74) is 2.74. The van der Waals surface area contributed by atoms with E-state index in [-0.39, 0.29) is 6.61 Å². The normalized spacial score (nSPS) is 20.2. The second kappa shape index (κ2) is 5.89. The van der Waals surface area contributed by atoms with Gasteiger partial charge in [-0.3, -0.25) is 0 Å². The summed E-state index contributed by atoms with van der Waals surface area (Å²) < 4.78 is 6.00. The van der Waals surface area contributed by atoms with Gasteiger partial charge in [-0.25, -0.2) is 0 Å². The third-order valence-corrected chi connectivity index (χ3v) is 3.97. The molecule has 1 unspecified atom stereocenters. The number of anilines is 2. The SMILES string of the molecule is CN1CC(C)(CO)Oc2cc(NCc3ccccc3)ccc21. The van der Waals surface area contributed by atoms with E-state index < -0.39 is 5.60 Å². The van der Waals surface area contributed by atoms with Gasteiger partial charge in [0.25, 0.3) is 0 Å². The molecule has 0 bridgehead atoms. The summed E-state index contributed by atoms with van der Waals surface area (Å²) in [6, 6.07) is 16.4. The Bertz CT molecular complexity index is 645. The van der Waals surface area contributed by atoms with Gasteiger partial charge < -0.3 is 20.1 Å². The van der Waals surface area contributed by atoms with E-state index in [4.69, 9.17) is 4.74 Å². The smallest absolute Gasteiger partial charge is 0.146 e. The van der Waals surface area contributed by atoms with Gasteiger partial charge >= 0.3 is 0 Å². The Morgan fingerprint density at radius 3 is 2.73 bits per heavy atom. The Hall–Kier alpha value is -2.20. The number of aliphatic hydroxyl groups excluding tert-OH is 1. The molecule has 4 heteroatoms. The molecule has 4 nitrogen and oxygen atoms in total. The van der Waals surface area contributed by atoms with E-state index in [0.29, 0.717) is 6.54 Å². The molecule has 0 amide bonds. The predicted molar refractivity (Wildman–Crippen MR) is 89.6 cm³/mol. The van der Waals surface area contributed by atoms with Crippen molar-refractivity contribution in [2.45, 2.75) is 19.1 Å². The van der Waals surface area contributed by atoms with E-state index in [1.165, 1.54) is 5.56 Å². The van der Waals surface area contributed by atoms with Crippen LogP contribution in [0.3, 0.4) is 0 Å². The quantitative estimate of drug-likeness (QED) is 0.911. The van der Waals surface area contributed by atoms with E-state index >= 15 is 0 Å². The first-order valence-corrected chi connectivity index (χ1v) is 7.52. The average Bonchev–Trinajstić information content (AvgIpc) is 2.53. The molecule has 0 radical (unpaired) electrons. The third kappa shape index (κ3) is 3.02. The molecule has 0 saturated carbocycles. The topological polar surface area (TPSA) is 44.7 Å². The van der Waals surface area contributed by atoms with Crippen LogP contribution < -0.4 is 15.0 Å². The number of likely N-dealkylation sites (N-methyl/N-ethyl adjacent to an activating group) is 1. The predicted octanol–water partition coefficient (Wildman–Crippen LogP) is 2.88. The summed E-state index contributed by atoms with van der Waals surface area (Å²) in [6.07, 6.45) is 0. The second-order valence-electron chi connectivity index (χ2n) is 6.09. The van der Waals surface area contributed by atoms with Crippen LogP contribution in [0.15, 0.2) is 48.5 Å². The molecule has 0 saturated heterocycles. The maximum Gasteiger partial charge on any atom is 0.146 e. The molecule has 3 rings (SSSR count). The van der Waals surface area contributed by atoms with Gasteiger partial charge in [-0.2, -0.15) is 0 Å². The van der Waals surface area contributed by atoms with E-state index in [9.17, 15) is 5.11 Å². The molecule has 1 aliphatic heterocycles. The fourth-order valence-electron chi connectivity index (χ4n) is 2.79. The zero-order valence-electron chi connectivity index (χ0n) is 13.0. The summed E-state index contributed by atoms with van der Waals surface area (Å²) in [5, 5.41) is 13.0. The minimum Gasteiger partial charge on any atom is -0.481 e. The van der Waals surface area contributed by atoms with Crippen LogP contribution in [0.2, 0.25) is 0 Å². The van der Waals surface area contributed by atoms with Crippen molar-refractivity contribution < 1.29 is 9.84 Å². The molecule has 2 aromatic rings. The fourth-order valence-corrected chi connectivity index (χ4v) is 2.79. The number of benzene rings is 2. The summed E-state index contributed by atoms with van der Waals surface area (Å²) in [7, 11) is 2.02. The number of ether oxygens (including phenoxy) is 1. The highest BCUT2D eigenvalue weighted by Crippen LogP contribution is 2.38. The lowest BCUT2D eigenvalue weighted by Crippen LogP contribution is -2.50. The molecule has 1 aliphatic rings. The number of nitrogens with zero attached hydrogens (tertiary/aromatic N) is 1. The second-order valence-corrected chi connectivity index (χ2v) is 6.09. The van der Waals surface area contributed by atoms with Gasteiger partial charge in [-0.15, -0.1) is 0 Å². The van der Waals surface area contributed by atoms with Gasteiger partial charge in [0.2, 0.25) is 0 Å². The summed E-state index contributed by atoms with van der Waals surface area (Å²) in [6.45, 7) is 3.37. The van der Waals surface area contributed by atoms with Crippen molar-refractivity contribution in [1.29, 1.82) is 0 Å². The Morgan fingerprint density at radius 2 is 2.00 bits per heavy atom. The number of nitrogens with one attached hydrogen (secondary N) is 1. The number of hydrogen-bond acceptors (Lipinski definition) is 4. The number of hydrogen-bond donors (Lipinski definition) is 2. The first kappa shape index (κ1) is 14.7. The molecular formula is C18H22N2O2. The van der Waals surface area contributed by atoms with Crippen LogP contribution in [0.1, 0.15) is 12.5 Å². The summed E-state index contributed by atoms with van der Waals surface area (Å²) in [4.78, 5) is 2.12. The number of rotatable bonds is 4. The van der Waals surface area contributed by atoms with E-state index in [2.05, 4.69) is 34.5 Å². The summed E-state index contributed by atoms with van der Waals surface area (Å²) in [5.74, 6) is 0.809. The Balaban J connectivity index is 1.77. The van der Waals surface area contributed by atoms with Crippen LogP contribution in [0.25, 0.3) is 0 Å². The molecule has 0 fully saturated rings. The molecule has 22 heavy (non-hydrogen) atoms. The maximum absolute atomic E-state index is 9.55. The molecule has 0 aromatic heterocycles. The molecule has 0 spiro atoms. The van der Waals surface area contributed by atoms with Crippen LogP contribution in [0, 0.1) is 0 Å². The van der Waals surface area contributed by atoms with Crippen molar-refractivity contribution in [1.82, 2.24) is 0 Å². The largest absolute Gasteiger partial charge is 0.481 e. The van der Waals surface area contributed by atoms with Gasteiger partial charge in [-0.1, -0.05) is 30.3 Å². The molecular weight excluding hydrogens is 276 g/mol. The standard InChI is InChI=1S/C18H22N2O2/c1-18(13-21)12-20(2)16-9-8-15(10-17(16)22-18)19-11-14-6-4-3-5-7-14/h3-10,19,21H,11-13H2,1-2H3. The van der Waals surface area contributed by atoms with Gasteiger partial charge in [0.05, 0.1) is 18.8 Å². The molecule has 116 valence electrons. The van der Waals surface area contributed by atoms with Crippen LogP contribution in [0.5, 0.6) is 5.75 Å². The van der Waals surface area contributed by atoms with Crippen LogP contribution in [-0.4, -0.2) is 30.9 Å². The highest BCUT2D eigenvalue weighted by atomic mass is 16.5. The van der Waals surface area contributed by atoms with Crippen molar-refractivity contribution in [3.63, 3.8) is 0 Å². The van der Waals surface area contributed by atoms with Crippen molar-refractivity contribution in [2.75, 3.05) is 30.4 Å². The lowest BCUT2D eigenvalue weighted by atomic mass is 10.0. The Morgan fingerprint density at radius 1 is 1.23 bits per heavy atom. The van der Waals surface area contributed by atoms with Crippen LogP contribution in [0.4, 0.5) is 11.4 Å². The first-order valence-electron chi connectivity index (χ1n) is 7.52. The molecule has 2 aromatic carbocycles. The van der Waals surface area contributed by atoms with E-state index in [1.54, 1.807) is 0 Å². The third-order valence-electron chi connectivity index (χ3n) is 3.97. The molecule has 1 atom stereocenters. The zero-order valence-corrected chi connectivity index (χ0v) is 13.0. The monoisotopic (exact) mass is 298 g/mol. The Labute approximate surface area is 131 Å². The minimum absolute atomic E-state index is 0.00154. The van der Waals surface area contributed by atoms with Gasteiger partial charge in [-0.05, 0) is 24.6 Å². The Kier molecular flexibility index (Phi) is 3.94. The highest BCUT2D eigenvalue weighted by Gasteiger charge is 2.33. The first-order chi connectivity index (χ1) is 10.6. The fraction of sp³-hybridized carbons (Fsp3) is 0.333. The van der Waals surface area contributed by atoms with Crippen LogP contribution >= 0.6 is 0 Å². The van der Waals surface area contributed by atoms with Gasteiger partial charge in [0, 0.05) is 25.3 Å². The minimum atomic E-state index is -0.556. The molecule has 0 aliphatic carbocycles. The molecule has 2 N–H and O–H groups in total. The van der Waals surface area contributed by atoms with Crippen LogP contribution in [-0.2, 0) is 6.54 Å². The highest BCUT2D eigenvalue weighted by molar-refractivity contribution is 5.66. The zero-order chi connectivity index (χ0) is 15.6. The van der Waals surface area contributed by atoms with E-state index in [0.717, 1.165) is 23.7 Å². The number of fused-ring (bicyclic) bond motifs is 1. The lowest BCUT2D eigenvalue weighted by Gasteiger charge is -2.40. The molecule has 1 heterocycles. The van der Waals surface area contributed by atoms with Crippen molar-refractivity contribution in [3.8, 4) is 5.75 Å². The average molecular weight is 298 g/mol. The number of aliphatic hydroxyl groups is 1. The van der Waals surface area contributed by atoms with Gasteiger partial charge in [0.1, 0.15) is 11.4 Å². The maximum atomic E-state index is 9.55. The summed E-state index contributed by atoms with van der Waals surface area (Å²) >= 11 is 0. The van der Waals surface area contributed by atoms with Crippen molar-refractivity contribution in [3.05, 3.63) is 54.1 Å². The van der Waals surface area contributed by atoms with Gasteiger partial charge in [0.15, 0.2) is 0 Å².